The zero-order valence-corrected chi connectivity index (χ0v) is 10.9. The fraction of sp³-hybridized carbons (Fsp3) is 0.462. The van der Waals surface area contributed by atoms with Crippen molar-refractivity contribution in [2.45, 2.75) is 19.4 Å². The first-order valence-corrected chi connectivity index (χ1v) is 5.59. The third-order valence-corrected chi connectivity index (χ3v) is 3.03. The highest BCUT2D eigenvalue weighted by Crippen LogP contribution is 2.43. The molecule has 98 valence electrons. The first-order chi connectivity index (χ1) is 8.50. The molecular weight excluding hydrogens is 236 g/mol. The summed E-state index contributed by atoms with van der Waals surface area (Å²) in [5, 5.41) is 0. The van der Waals surface area contributed by atoms with Crippen LogP contribution in [0.1, 0.15) is 13.8 Å². The lowest BCUT2D eigenvalue weighted by molar-refractivity contribution is -0.135. The van der Waals surface area contributed by atoms with Crippen molar-refractivity contribution in [2.24, 2.45) is 0 Å². The number of carbonyl (C=O) groups is 1. The van der Waals surface area contributed by atoms with Crippen LogP contribution in [0.2, 0.25) is 0 Å². The first-order valence-electron chi connectivity index (χ1n) is 5.59. The molecule has 0 spiro atoms. The monoisotopic (exact) mass is 252 g/mol. The Kier molecular flexibility index (Phi) is 3.07. The number of methoxy groups -OCH3 is 2. The summed E-state index contributed by atoms with van der Waals surface area (Å²) in [4.78, 5) is 11.5. The van der Waals surface area contributed by atoms with Crippen LogP contribution in [0.3, 0.4) is 0 Å². The van der Waals surface area contributed by atoms with E-state index in [2.05, 4.69) is 0 Å². The predicted molar refractivity (Wildman–Crippen MR) is 64.8 cm³/mol. The van der Waals surface area contributed by atoms with Gasteiger partial charge >= 0.3 is 0 Å². The van der Waals surface area contributed by atoms with E-state index in [9.17, 15) is 4.79 Å². The molecule has 0 bridgehead atoms. The van der Waals surface area contributed by atoms with E-state index in [-0.39, 0.29) is 12.4 Å². The average molecular weight is 252 g/mol. The quantitative estimate of drug-likeness (QED) is 0.821. The summed E-state index contributed by atoms with van der Waals surface area (Å²) >= 11 is 0. The lowest BCUT2D eigenvalue weighted by atomic mass is 10.0. The molecule has 1 aromatic rings. The second kappa shape index (κ2) is 4.40. The Labute approximate surface area is 106 Å². The Hall–Kier alpha value is -1.91. The summed E-state index contributed by atoms with van der Waals surface area (Å²) in [7, 11) is 3.09. The largest absolute Gasteiger partial charge is 0.493 e. The maximum Gasteiger partial charge on any atom is 0.197 e. The number of rotatable bonds is 3. The molecule has 5 heteroatoms. The molecule has 0 aliphatic carbocycles. The normalized spacial score (nSPS) is 21.3. The fourth-order valence-corrected chi connectivity index (χ4v) is 1.70. The maximum absolute atomic E-state index is 11.5. The summed E-state index contributed by atoms with van der Waals surface area (Å²) in [5.74, 6) is 2.05. The van der Waals surface area contributed by atoms with Crippen molar-refractivity contribution in [1.29, 1.82) is 0 Å². The molecule has 2 rings (SSSR count). The third kappa shape index (κ3) is 1.96. The molecule has 1 aliphatic heterocycles. The molecular formula is C13H16O5. The van der Waals surface area contributed by atoms with Crippen LogP contribution in [0.4, 0.5) is 0 Å². The van der Waals surface area contributed by atoms with Crippen molar-refractivity contribution in [3.63, 3.8) is 0 Å². The SMILES string of the molecule is COc1cc2c(cc1OC)OC(C)(C(C)=O)CO2. The minimum Gasteiger partial charge on any atom is -0.493 e. The van der Waals surface area contributed by atoms with Crippen LogP contribution < -0.4 is 18.9 Å². The number of hydrogen-bond donors (Lipinski definition) is 0. The molecule has 1 unspecified atom stereocenters. The molecule has 0 aromatic heterocycles. The Bertz CT molecular complexity index is 483. The van der Waals surface area contributed by atoms with Gasteiger partial charge in [-0.1, -0.05) is 0 Å². The molecule has 0 radical (unpaired) electrons. The molecule has 18 heavy (non-hydrogen) atoms. The van der Waals surface area contributed by atoms with E-state index in [1.165, 1.54) is 14.0 Å². The molecule has 0 fully saturated rings. The topological polar surface area (TPSA) is 54.0 Å². The Morgan fingerprint density at radius 3 is 2.28 bits per heavy atom. The number of benzene rings is 1. The maximum atomic E-state index is 11.5. The number of Topliss-reactive ketones (excluding diaryl/α,β-unsaturated/α-hetero) is 1. The highest BCUT2D eigenvalue weighted by atomic mass is 16.6. The van der Waals surface area contributed by atoms with Gasteiger partial charge in [-0.15, -0.1) is 0 Å². The van der Waals surface area contributed by atoms with Crippen molar-refractivity contribution in [3.05, 3.63) is 12.1 Å². The van der Waals surface area contributed by atoms with Gasteiger partial charge < -0.3 is 18.9 Å². The number of ether oxygens (including phenoxy) is 4. The summed E-state index contributed by atoms with van der Waals surface area (Å²) in [6.45, 7) is 3.37. The van der Waals surface area contributed by atoms with Gasteiger partial charge in [-0.05, 0) is 13.8 Å². The van der Waals surface area contributed by atoms with Crippen molar-refractivity contribution >= 4 is 5.78 Å². The van der Waals surface area contributed by atoms with Gasteiger partial charge in [0.15, 0.2) is 34.4 Å². The van der Waals surface area contributed by atoms with Crippen LogP contribution >= 0.6 is 0 Å². The van der Waals surface area contributed by atoms with Crippen molar-refractivity contribution in [1.82, 2.24) is 0 Å². The highest BCUT2D eigenvalue weighted by Gasteiger charge is 2.38. The zero-order valence-electron chi connectivity index (χ0n) is 10.9. The number of hydrogen-bond acceptors (Lipinski definition) is 5. The van der Waals surface area contributed by atoms with Gasteiger partial charge in [0, 0.05) is 12.1 Å². The van der Waals surface area contributed by atoms with Crippen LogP contribution in [0.25, 0.3) is 0 Å². The molecule has 0 saturated carbocycles. The Balaban J connectivity index is 2.41. The molecule has 0 saturated heterocycles. The van der Waals surface area contributed by atoms with Crippen molar-refractivity contribution in [3.8, 4) is 23.0 Å². The fourth-order valence-electron chi connectivity index (χ4n) is 1.70. The minimum atomic E-state index is -0.952. The summed E-state index contributed by atoms with van der Waals surface area (Å²) < 4.78 is 21.6. The van der Waals surface area contributed by atoms with E-state index in [1.807, 2.05) is 0 Å². The van der Waals surface area contributed by atoms with E-state index in [0.29, 0.717) is 23.0 Å². The predicted octanol–water partition coefficient (Wildman–Crippen LogP) is 1.82. The smallest absolute Gasteiger partial charge is 0.197 e. The highest BCUT2D eigenvalue weighted by molar-refractivity contribution is 5.85. The molecule has 0 N–H and O–H groups in total. The van der Waals surface area contributed by atoms with Gasteiger partial charge in [0.1, 0.15) is 6.61 Å². The van der Waals surface area contributed by atoms with Crippen LogP contribution in [-0.2, 0) is 4.79 Å². The third-order valence-electron chi connectivity index (χ3n) is 3.03. The zero-order chi connectivity index (χ0) is 13.3. The van der Waals surface area contributed by atoms with Crippen LogP contribution in [0, 0.1) is 0 Å². The van der Waals surface area contributed by atoms with Crippen LogP contribution in [-0.4, -0.2) is 32.2 Å². The van der Waals surface area contributed by atoms with Gasteiger partial charge in [-0.25, -0.2) is 0 Å². The van der Waals surface area contributed by atoms with Crippen molar-refractivity contribution in [2.75, 3.05) is 20.8 Å². The number of carbonyl (C=O) groups excluding carboxylic acids is 1. The lowest BCUT2D eigenvalue weighted by Gasteiger charge is -2.33. The summed E-state index contributed by atoms with van der Waals surface area (Å²) in [5.41, 5.74) is -0.952. The van der Waals surface area contributed by atoms with E-state index in [1.54, 1.807) is 26.2 Å². The summed E-state index contributed by atoms with van der Waals surface area (Å²) in [6.07, 6.45) is 0. The van der Waals surface area contributed by atoms with Gasteiger partial charge in [-0.2, -0.15) is 0 Å². The molecule has 5 nitrogen and oxygen atoms in total. The van der Waals surface area contributed by atoms with E-state index >= 15 is 0 Å². The van der Waals surface area contributed by atoms with Gasteiger partial charge in [0.05, 0.1) is 14.2 Å². The van der Waals surface area contributed by atoms with Gasteiger partial charge in [0.25, 0.3) is 0 Å². The van der Waals surface area contributed by atoms with Gasteiger partial charge in [-0.3, -0.25) is 4.79 Å². The second-order valence-corrected chi connectivity index (χ2v) is 4.33. The molecule has 1 aliphatic rings. The number of fused-ring (bicyclic) bond motifs is 1. The first kappa shape index (κ1) is 12.5. The van der Waals surface area contributed by atoms with Crippen molar-refractivity contribution < 1.29 is 23.7 Å². The van der Waals surface area contributed by atoms with E-state index < -0.39 is 5.60 Å². The Morgan fingerprint density at radius 2 is 1.78 bits per heavy atom. The van der Waals surface area contributed by atoms with Crippen LogP contribution in [0.15, 0.2) is 12.1 Å². The summed E-state index contributed by atoms with van der Waals surface area (Å²) in [6, 6.07) is 3.35. The molecule has 1 atom stereocenters. The molecule has 1 aromatic carbocycles. The standard InChI is InChI=1S/C13H16O5/c1-8(14)13(2)7-17-11-5-9(15-3)10(16-4)6-12(11)18-13/h5-6H,7H2,1-4H3. The second-order valence-electron chi connectivity index (χ2n) is 4.33. The van der Waals surface area contributed by atoms with E-state index in [4.69, 9.17) is 18.9 Å². The van der Waals surface area contributed by atoms with E-state index in [0.717, 1.165) is 0 Å². The molecule has 1 heterocycles. The average Bonchev–Trinajstić information content (AvgIpc) is 2.36. The molecule has 0 amide bonds. The Morgan fingerprint density at radius 1 is 1.22 bits per heavy atom. The number of ketones is 1. The van der Waals surface area contributed by atoms with Gasteiger partial charge in [0.2, 0.25) is 0 Å². The van der Waals surface area contributed by atoms with Crippen LogP contribution in [0.5, 0.6) is 23.0 Å². The minimum absolute atomic E-state index is 0.0806. The lowest BCUT2D eigenvalue weighted by Crippen LogP contribution is -2.47.